The van der Waals surface area contributed by atoms with Crippen LogP contribution in [0.1, 0.15) is 26.2 Å². The van der Waals surface area contributed by atoms with Gasteiger partial charge in [-0.25, -0.2) is 0 Å². The van der Waals surface area contributed by atoms with E-state index < -0.39 is 0 Å². The van der Waals surface area contributed by atoms with Gasteiger partial charge in [0.15, 0.2) is 5.75 Å². The maximum atomic E-state index is 11.1. The Morgan fingerprint density at radius 3 is 2.35 bits per heavy atom. The summed E-state index contributed by atoms with van der Waals surface area (Å²) in [4.78, 5) is 11.1. The molecule has 0 saturated heterocycles. The van der Waals surface area contributed by atoms with Gasteiger partial charge in [-0.15, -0.1) is 0 Å². The molecule has 0 radical (unpaired) electrons. The summed E-state index contributed by atoms with van der Waals surface area (Å²) in [6.45, 7) is 2.25. The van der Waals surface area contributed by atoms with E-state index in [2.05, 4.69) is 0 Å². The molecule has 0 saturated carbocycles. The van der Waals surface area contributed by atoms with Crippen molar-refractivity contribution in [2.24, 2.45) is 0 Å². The average molecular weight is 296 g/mol. The number of Topliss-reactive ketones (excluding diaryl/α,β-unsaturated/α-hetero) is 1. The van der Waals surface area contributed by atoms with E-state index >= 15 is 0 Å². The fourth-order valence-electron chi connectivity index (χ4n) is 1.29. The molecule has 0 unspecified atom stereocenters. The first kappa shape index (κ1) is 14.6. The smallest absolute Gasteiger partial charge is 0.156 e. The van der Waals surface area contributed by atoms with Gasteiger partial charge in [0.05, 0.1) is 16.7 Å². The number of hydrogen-bond acceptors (Lipinski definition) is 2. The molecule has 0 bridgehead atoms. The summed E-state index contributed by atoms with van der Waals surface area (Å²) in [7, 11) is 0. The highest BCUT2D eigenvalue weighted by Crippen LogP contribution is 2.35. The van der Waals surface area contributed by atoms with E-state index in [-0.39, 0.29) is 5.78 Å². The lowest BCUT2D eigenvalue weighted by Gasteiger charge is -2.09. The van der Waals surface area contributed by atoms with Gasteiger partial charge in [-0.3, -0.25) is 4.79 Å². The number of ether oxygens (including phenoxy) is 1. The molecular formula is C12H13Cl3O2. The largest absolute Gasteiger partial charge is 0.490 e. The van der Waals surface area contributed by atoms with Crippen molar-refractivity contribution < 1.29 is 9.53 Å². The van der Waals surface area contributed by atoms with E-state index in [1.807, 2.05) is 6.92 Å². The molecule has 0 amide bonds. The molecule has 0 heterocycles. The van der Waals surface area contributed by atoms with Crippen molar-refractivity contribution in [1.82, 2.24) is 0 Å². The third-order valence-electron chi connectivity index (χ3n) is 2.20. The molecule has 0 fully saturated rings. The van der Waals surface area contributed by atoms with Crippen LogP contribution in [0.2, 0.25) is 15.1 Å². The van der Waals surface area contributed by atoms with Crippen LogP contribution in [-0.2, 0) is 4.79 Å². The van der Waals surface area contributed by atoms with E-state index in [0.717, 1.165) is 0 Å². The fourth-order valence-corrected chi connectivity index (χ4v) is 2.21. The number of hydrogen-bond donors (Lipinski definition) is 0. The molecule has 17 heavy (non-hydrogen) atoms. The number of benzene rings is 1. The molecule has 1 aromatic carbocycles. The van der Waals surface area contributed by atoms with Gasteiger partial charge in [0.1, 0.15) is 5.78 Å². The van der Waals surface area contributed by atoms with Crippen LogP contribution >= 0.6 is 34.8 Å². The van der Waals surface area contributed by atoms with Crippen LogP contribution in [0.3, 0.4) is 0 Å². The molecule has 1 rings (SSSR count). The summed E-state index contributed by atoms with van der Waals surface area (Å²) in [5, 5.41) is 1.22. The normalized spacial score (nSPS) is 10.4. The van der Waals surface area contributed by atoms with E-state index in [9.17, 15) is 4.79 Å². The molecule has 0 aromatic heterocycles. The topological polar surface area (TPSA) is 26.3 Å². The van der Waals surface area contributed by atoms with Crippen molar-refractivity contribution in [3.63, 3.8) is 0 Å². The Balaban J connectivity index is 2.50. The predicted molar refractivity (Wildman–Crippen MR) is 71.5 cm³/mol. The quantitative estimate of drug-likeness (QED) is 0.706. The molecule has 5 heteroatoms. The molecule has 0 atom stereocenters. The van der Waals surface area contributed by atoms with Gasteiger partial charge in [-0.05, 0) is 18.6 Å². The predicted octanol–water partition coefficient (Wildman–Crippen LogP) is 4.78. The van der Waals surface area contributed by atoms with Crippen LogP contribution in [0, 0.1) is 0 Å². The zero-order valence-corrected chi connectivity index (χ0v) is 11.7. The zero-order valence-electron chi connectivity index (χ0n) is 9.43. The SMILES string of the molecule is CCC(=O)CCCOc1c(Cl)cc(Cl)cc1Cl. The van der Waals surface area contributed by atoms with Crippen LogP contribution in [0.4, 0.5) is 0 Å². The van der Waals surface area contributed by atoms with Gasteiger partial charge in [-0.1, -0.05) is 41.7 Å². The van der Waals surface area contributed by atoms with E-state index in [1.54, 1.807) is 12.1 Å². The van der Waals surface area contributed by atoms with Gasteiger partial charge < -0.3 is 4.74 Å². The zero-order chi connectivity index (χ0) is 12.8. The fraction of sp³-hybridized carbons (Fsp3) is 0.417. The van der Waals surface area contributed by atoms with Crippen molar-refractivity contribution >= 4 is 40.6 Å². The summed E-state index contributed by atoms with van der Waals surface area (Å²) in [5.41, 5.74) is 0. The molecule has 1 aromatic rings. The first-order chi connectivity index (χ1) is 8.04. The monoisotopic (exact) mass is 294 g/mol. The van der Waals surface area contributed by atoms with Crippen LogP contribution in [0.25, 0.3) is 0 Å². The standard InChI is InChI=1S/C12H13Cl3O2/c1-2-9(16)4-3-5-17-12-10(14)6-8(13)7-11(12)15/h6-7H,2-5H2,1H3. The highest BCUT2D eigenvalue weighted by molar-refractivity contribution is 6.40. The highest BCUT2D eigenvalue weighted by Gasteiger charge is 2.09. The summed E-state index contributed by atoms with van der Waals surface area (Å²) in [6, 6.07) is 3.14. The Hall–Kier alpha value is -0.440. The second kappa shape index (κ2) is 7.10. The number of halogens is 3. The molecule has 0 N–H and O–H groups in total. The summed E-state index contributed by atoms with van der Waals surface area (Å²) in [5.74, 6) is 0.642. The second-order valence-electron chi connectivity index (χ2n) is 3.54. The Bertz CT molecular complexity index is 382. The highest BCUT2D eigenvalue weighted by atomic mass is 35.5. The van der Waals surface area contributed by atoms with Gasteiger partial charge >= 0.3 is 0 Å². The number of carbonyl (C=O) groups excluding carboxylic acids is 1. The van der Waals surface area contributed by atoms with Gasteiger partial charge in [0.25, 0.3) is 0 Å². The molecule has 94 valence electrons. The average Bonchev–Trinajstić information content (AvgIpc) is 2.26. The molecule has 2 nitrogen and oxygen atoms in total. The molecular weight excluding hydrogens is 282 g/mol. The van der Waals surface area contributed by atoms with Crippen molar-refractivity contribution in [3.05, 3.63) is 27.2 Å². The minimum atomic E-state index is 0.224. The Labute approximate surface area is 116 Å². The first-order valence-corrected chi connectivity index (χ1v) is 6.47. The minimum absolute atomic E-state index is 0.224. The molecule has 0 aliphatic heterocycles. The summed E-state index contributed by atoms with van der Waals surface area (Å²) >= 11 is 17.7. The lowest BCUT2D eigenvalue weighted by Crippen LogP contribution is -2.02. The Kier molecular flexibility index (Phi) is 6.10. The number of rotatable bonds is 6. The van der Waals surface area contributed by atoms with Crippen molar-refractivity contribution in [2.45, 2.75) is 26.2 Å². The van der Waals surface area contributed by atoms with Crippen molar-refractivity contribution in [2.75, 3.05) is 6.61 Å². The lowest BCUT2D eigenvalue weighted by molar-refractivity contribution is -0.118. The number of carbonyl (C=O) groups is 1. The summed E-state index contributed by atoms with van der Waals surface area (Å²) in [6.07, 6.45) is 1.73. The minimum Gasteiger partial charge on any atom is -0.490 e. The number of ketones is 1. The third-order valence-corrected chi connectivity index (χ3v) is 2.98. The van der Waals surface area contributed by atoms with E-state index in [1.165, 1.54) is 0 Å². The maximum absolute atomic E-state index is 11.1. The van der Waals surface area contributed by atoms with Crippen molar-refractivity contribution in [1.29, 1.82) is 0 Å². The van der Waals surface area contributed by atoms with Crippen LogP contribution in [0.15, 0.2) is 12.1 Å². The molecule has 0 spiro atoms. The lowest BCUT2D eigenvalue weighted by atomic mass is 10.2. The van der Waals surface area contributed by atoms with Gasteiger partial charge in [-0.2, -0.15) is 0 Å². The Morgan fingerprint density at radius 2 is 1.82 bits per heavy atom. The van der Waals surface area contributed by atoms with Crippen molar-refractivity contribution in [3.8, 4) is 5.75 Å². The maximum Gasteiger partial charge on any atom is 0.156 e. The first-order valence-electron chi connectivity index (χ1n) is 5.33. The molecule has 0 aliphatic rings. The van der Waals surface area contributed by atoms with Crippen LogP contribution < -0.4 is 4.74 Å². The third kappa shape index (κ3) is 4.74. The van der Waals surface area contributed by atoms with Gasteiger partial charge in [0.2, 0.25) is 0 Å². The van der Waals surface area contributed by atoms with Gasteiger partial charge in [0, 0.05) is 17.9 Å². The van der Waals surface area contributed by atoms with E-state index in [4.69, 9.17) is 39.5 Å². The van der Waals surface area contributed by atoms with E-state index in [0.29, 0.717) is 46.7 Å². The second-order valence-corrected chi connectivity index (χ2v) is 4.79. The Morgan fingerprint density at radius 1 is 1.24 bits per heavy atom. The summed E-state index contributed by atoms with van der Waals surface area (Å²) < 4.78 is 5.44. The molecule has 0 aliphatic carbocycles. The van der Waals surface area contributed by atoms with Crippen LogP contribution in [0.5, 0.6) is 5.75 Å². The van der Waals surface area contributed by atoms with Crippen LogP contribution in [-0.4, -0.2) is 12.4 Å².